The van der Waals surface area contributed by atoms with Crippen LogP contribution in [0.2, 0.25) is 0 Å². The number of para-hydroxylation sites is 1. The molecule has 0 unspecified atom stereocenters. The van der Waals surface area contributed by atoms with Gasteiger partial charge in [-0.2, -0.15) is 0 Å². The lowest BCUT2D eigenvalue weighted by molar-refractivity contribution is 0.286. The maximum atomic E-state index is 5.59. The van der Waals surface area contributed by atoms with E-state index in [1.165, 1.54) is 16.6 Å². The van der Waals surface area contributed by atoms with Crippen molar-refractivity contribution in [1.82, 2.24) is 4.57 Å². The lowest BCUT2D eigenvalue weighted by Gasteiger charge is -2.17. The Morgan fingerprint density at radius 3 is 3.23 bits per heavy atom. The molecule has 2 heterocycles. The normalized spacial score (nSPS) is 14.5. The summed E-state index contributed by atoms with van der Waals surface area (Å²) in [5.41, 5.74) is 2.58. The van der Waals surface area contributed by atoms with E-state index in [1.807, 2.05) is 12.1 Å². The first-order chi connectivity index (χ1) is 6.36. The number of rotatable bonds is 0. The molecule has 0 radical (unpaired) electrons. The Kier molecular flexibility index (Phi) is 1.23. The zero-order valence-corrected chi connectivity index (χ0v) is 7.58. The number of ether oxygens (including phenoxy) is 1. The number of hydrogen-bond donors (Lipinski definition) is 0. The molecule has 1 aromatic carbocycles. The van der Waals surface area contributed by atoms with Crippen LogP contribution in [0.25, 0.3) is 10.9 Å². The summed E-state index contributed by atoms with van der Waals surface area (Å²) in [5, 5.41) is 1.29. The predicted octanol–water partition coefficient (Wildman–Crippen LogP) is 2.34. The fourth-order valence-corrected chi connectivity index (χ4v) is 2.08. The first-order valence-corrected chi connectivity index (χ1v) is 4.58. The van der Waals surface area contributed by atoms with Gasteiger partial charge in [-0.25, -0.2) is 0 Å². The Labute approximate surface area is 76.7 Å². The zero-order chi connectivity index (χ0) is 8.84. The largest absolute Gasteiger partial charge is 0.490 e. The Morgan fingerprint density at radius 1 is 1.38 bits per heavy atom. The average Bonchev–Trinajstić information content (AvgIpc) is 2.47. The van der Waals surface area contributed by atoms with E-state index in [9.17, 15) is 0 Å². The van der Waals surface area contributed by atoms with Gasteiger partial charge in [-0.1, -0.05) is 12.1 Å². The molecule has 0 amide bonds. The van der Waals surface area contributed by atoms with Crippen molar-refractivity contribution >= 4 is 10.9 Å². The smallest absolute Gasteiger partial charge is 0.143 e. The van der Waals surface area contributed by atoms with Crippen molar-refractivity contribution in [3.63, 3.8) is 0 Å². The average molecular weight is 173 g/mol. The minimum atomic E-state index is 0.793. The SMILES string of the molecule is Cc1cc2cccc3c2n1CCO3. The Morgan fingerprint density at radius 2 is 2.31 bits per heavy atom. The van der Waals surface area contributed by atoms with Crippen molar-refractivity contribution in [2.24, 2.45) is 0 Å². The molecule has 3 rings (SSSR count). The van der Waals surface area contributed by atoms with Crippen LogP contribution in [0.15, 0.2) is 24.3 Å². The van der Waals surface area contributed by atoms with Crippen LogP contribution in [-0.4, -0.2) is 11.2 Å². The molecule has 0 fully saturated rings. The summed E-state index contributed by atoms with van der Waals surface area (Å²) in [6, 6.07) is 8.44. The van der Waals surface area contributed by atoms with Crippen LogP contribution in [0.4, 0.5) is 0 Å². The highest BCUT2D eigenvalue weighted by atomic mass is 16.5. The third-order valence-corrected chi connectivity index (χ3v) is 2.66. The van der Waals surface area contributed by atoms with Crippen molar-refractivity contribution in [2.45, 2.75) is 13.5 Å². The summed E-state index contributed by atoms with van der Waals surface area (Å²) >= 11 is 0. The lowest BCUT2D eigenvalue weighted by atomic mass is 10.2. The van der Waals surface area contributed by atoms with Crippen LogP contribution in [0.1, 0.15) is 5.69 Å². The highest BCUT2D eigenvalue weighted by Gasteiger charge is 2.14. The van der Waals surface area contributed by atoms with Gasteiger partial charge >= 0.3 is 0 Å². The number of aryl methyl sites for hydroxylation is 1. The molecule has 0 atom stereocenters. The molecular weight excluding hydrogens is 162 g/mol. The topological polar surface area (TPSA) is 14.2 Å². The van der Waals surface area contributed by atoms with Gasteiger partial charge in [0.15, 0.2) is 0 Å². The molecule has 0 saturated heterocycles. The van der Waals surface area contributed by atoms with E-state index in [2.05, 4.69) is 23.6 Å². The summed E-state index contributed by atoms with van der Waals surface area (Å²) in [4.78, 5) is 0. The van der Waals surface area contributed by atoms with Crippen LogP contribution in [0, 0.1) is 6.92 Å². The molecule has 0 aliphatic carbocycles. The van der Waals surface area contributed by atoms with Crippen LogP contribution < -0.4 is 4.74 Å². The van der Waals surface area contributed by atoms with Gasteiger partial charge in [0.2, 0.25) is 0 Å². The van der Waals surface area contributed by atoms with Crippen molar-refractivity contribution in [2.75, 3.05) is 6.61 Å². The molecule has 2 aromatic rings. The van der Waals surface area contributed by atoms with Gasteiger partial charge in [0.05, 0.1) is 12.1 Å². The zero-order valence-electron chi connectivity index (χ0n) is 7.58. The summed E-state index contributed by atoms with van der Waals surface area (Å²) in [6.07, 6.45) is 0. The van der Waals surface area contributed by atoms with Gasteiger partial charge in [0.1, 0.15) is 12.4 Å². The minimum Gasteiger partial charge on any atom is -0.490 e. The first-order valence-electron chi connectivity index (χ1n) is 4.58. The second-order valence-electron chi connectivity index (χ2n) is 3.48. The second kappa shape index (κ2) is 2.28. The van der Waals surface area contributed by atoms with Gasteiger partial charge in [0, 0.05) is 11.1 Å². The summed E-state index contributed by atoms with van der Waals surface area (Å²) in [6.45, 7) is 3.92. The second-order valence-corrected chi connectivity index (χ2v) is 3.48. The summed E-state index contributed by atoms with van der Waals surface area (Å²) in [5.74, 6) is 1.02. The van der Waals surface area contributed by atoms with Gasteiger partial charge < -0.3 is 9.30 Å². The fraction of sp³-hybridized carbons (Fsp3) is 0.273. The van der Waals surface area contributed by atoms with Gasteiger partial charge in [-0.05, 0) is 19.1 Å². The Balaban J connectivity index is 2.51. The maximum absolute atomic E-state index is 5.59. The van der Waals surface area contributed by atoms with E-state index in [-0.39, 0.29) is 0 Å². The molecule has 0 N–H and O–H groups in total. The minimum absolute atomic E-state index is 0.793. The number of benzene rings is 1. The fourth-order valence-electron chi connectivity index (χ4n) is 2.08. The number of aromatic nitrogens is 1. The first kappa shape index (κ1) is 7.01. The molecule has 13 heavy (non-hydrogen) atoms. The van der Waals surface area contributed by atoms with E-state index in [0.717, 1.165) is 18.9 Å². The third kappa shape index (κ3) is 0.829. The van der Waals surface area contributed by atoms with E-state index in [1.54, 1.807) is 0 Å². The van der Waals surface area contributed by atoms with E-state index in [4.69, 9.17) is 4.74 Å². The maximum Gasteiger partial charge on any atom is 0.143 e. The standard InChI is InChI=1S/C11H11NO/c1-8-7-9-3-2-4-10-11(9)12(8)5-6-13-10/h2-4,7H,5-6H2,1H3. The molecule has 1 aliphatic heterocycles. The van der Waals surface area contributed by atoms with Crippen LogP contribution in [-0.2, 0) is 6.54 Å². The summed E-state index contributed by atoms with van der Waals surface area (Å²) in [7, 11) is 0. The van der Waals surface area contributed by atoms with Crippen LogP contribution >= 0.6 is 0 Å². The van der Waals surface area contributed by atoms with Crippen molar-refractivity contribution < 1.29 is 4.74 Å². The number of nitrogens with zero attached hydrogens (tertiary/aromatic N) is 1. The molecule has 0 bridgehead atoms. The molecule has 66 valence electrons. The number of hydrogen-bond acceptors (Lipinski definition) is 1. The van der Waals surface area contributed by atoms with Gasteiger partial charge in [-0.3, -0.25) is 0 Å². The van der Waals surface area contributed by atoms with Gasteiger partial charge in [0.25, 0.3) is 0 Å². The highest BCUT2D eigenvalue weighted by Crippen LogP contribution is 2.31. The molecular formula is C11H11NO. The molecule has 0 spiro atoms. The van der Waals surface area contributed by atoms with E-state index < -0.39 is 0 Å². The van der Waals surface area contributed by atoms with E-state index in [0.29, 0.717) is 0 Å². The molecule has 2 heteroatoms. The van der Waals surface area contributed by atoms with Crippen molar-refractivity contribution in [3.05, 3.63) is 30.0 Å². The summed E-state index contributed by atoms with van der Waals surface area (Å²) < 4.78 is 7.92. The monoisotopic (exact) mass is 173 g/mol. The quantitative estimate of drug-likeness (QED) is 0.596. The Bertz CT molecular complexity index is 470. The molecule has 0 saturated carbocycles. The van der Waals surface area contributed by atoms with Crippen molar-refractivity contribution in [1.29, 1.82) is 0 Å². The van der Waals surface area contributed by atoms with Gasteiger partial charge in [-0.15, -0.1) is 0 Å². The predicted molar refractivity (Wildman–Crippen MR) is 52.2 cm³/mol. The highest BCUT2D eigenvalue weighted by molar-refractivity contribution is 5.87. The molecule has 1 aliphatic rings. The third-order valence-electron chi connectivity index (χ3n) is 2.66. The Hall–Kier alpha value is -1.44. The van der Waals surface area contributed by atoms with E-state index >= 15 is 0 Å². The van der Waals surface area contributed by atoms with Crippen LogP contribution in [0.3, 0.4) is 0 Å². The van der Waals surface area contributed by atoms with Crippen molar-refractivity contribution in [3.8, 4) is 5.75 Å². The lowest BCUT2D eigenvalue weighted by Crippen LogP contribution is -2.14. The molecule has 1 aromatic heterocycles. The molecule has 2 nitrogen and oxygen atoms in total. The van der Waals surface area contributed by atoms with Crippen LogP contribution in [0.5, 0.6) is 5.75 Å².